The highest BCUT2D eigenvalue weighted by Gasteiger charge is 2.16. The quantitative estimate of drug-likeness (QED) is 0.663. The van der Waals surface area contributed by atoms with Gasteiger partial charge < -0.3 is 14.8 Å². The fourth-order valence-corrected chi connectivity index (χ4v) is 4.04. The van der Waals surface area contributed by atoms with Gasteiger partial charge in [-0.15, -0.1) is 0 Å². The minimum absolute atomic E-state index is 0.0196. The van der Waals surface area contributed by atoms with Gasteiger partial charge in [0, 0.05) is 11.8 Å². The number of sulfone groups is 1. The number of hydrogen-bond donors (Lipinski definition) is 2. The van der Waals surface area contributed by atoms with Gasteiger partial charge in [-0.2, -0.15) is 5.10 Å². The van der Waals surface area contributed by atoms with E-state index in [0.29, 0.717) is 41.4 Å². The molecule has 152 valence electrons. The van der Waals surface area contributed by atoms with Gasteiger partial charge in [-0.3, -0.25) is 9.89 Å². The van der Waals surface area contributed by atoms with Crippen molar-refractivity contribution >= 4 is 32.5 Å². The smallest absolute Gasteiger partial charge is 0.230 e. The van der Waals surface area contributed by atoms with Gasteiger partial charge in [-0.1, -0.05) is 13.0 Å². The predicted octanol–water partition coefficient (Wildman–Crippen LogP) is 2.70. The number of nitrogens with zero attached hydrogens (tertiary/aromatic N) is 1. The van der Waals surface area contributed by atoms with E-state index in [9.17, 15) is 13.2 Å². The van der Waals surface area contributed by atoms with Crippen molar-refractivity contribution in [2.24, 2.45) is 0 Å². The van der Waals surface area contributed by atoms with Crippen molar-refractivity contribution in [3.05, 3.63) is 42.0 Å². The topological polar surface area (TPSA) is 110 Å². The molecule has 3 aromatic rings. The Hall–Kier alpha value is -3.07. The van der Waals surface area contributed by atoms with Crippen molar-refractivity contribution in [3.8, 4) is 11.5 Å². The lowest BCUT2D eigenvalue weighted by Crippen LogP contribution is -2.15. The molecule has 8 nitrogen and oxygen atoms in total. The Morgan fingerprint density at radius 1 is 1.14 bits per heavy atom. The SMILES string of the molecule is CCS(=O)(=O)c1ccc2c(NC(=O)Cc3ccc4c(c3)OCCCO4)n[nH]c2c1. The third-order valence-corrected chi connectivity index (χ3v) is 6.44. The molecular formula is C20H21N3O5S. The molecule has 2 heterocycles. The Balaban J connectivity index is 1.50. The third kappa shape index (κ3) is 4.04. The molecule has 1 amide bonds. The Morgan fingerprint density at radius 2 is 1.93 bits per heavy atom. The summed E-state index contributed by atoms with van der Waals surface area (Å²) in [4.78, 5) is 12.7. The number of aromatic nitrogens is 2. The number of carbonyl (C=O) groups excluding carboxylic acids is 1. The maximum absolute atomic E-state index is 12.5. The van der Waals surface area contributed by atoms with E-state index in [-0.39, 0.29) is 23.0 Å². The van der Waals surface area contributed by atoms with E-state index >= 15 is 0 Å². The number of amides is 1. The van der Waals surface area contributed by atoms with Crippen molar-refractivity contribution in [2.75, 3.05) is 24.3 Å². The first kappa shape index (κ1) is 19.3. The minimum atomic E-state index is -3.31. The second-order valence-electron chi connectivity index (χ2n) is 6.74. The molecule has 1 aliphatic heterocycles. The summed E-state index contributed by atoms with van der Waals surface area (Å²) in [5.74, 6) is 1.47. The monoisotopic (exact) mass is 415 g/mol. The first-order chi connectivity index (χ1) is 14.0. The second-order valence-corrected chi connectivity index (χ2v) is 9.02. The minimum Gasteiger partial charge on any atom is -0.490 e. The highest BCUT2D eigenvalue weighted by atomic mass is 32.2. The number of rotatable bonds is 5. The number of ether oxygens (including phenoxy) is 2. The highest BCUT2D eigenvalue weighted by molar-refractivity contribution is 7.91. The van der Waals surface area contributed by atoms with Crippen LogP contribution in [-0.2, 0) is 21.1 Å². The second kappa shape index (κ2) is 7.75. The number of fused-ring (bicyclic) bond motifs is 2. The lowest BCUT2D eigenvalue weighted by molar-refractivity contribution is -0.115. The van der Waals surface area contributed by atoms with Crippen molar-refractivity contribution in [2.45, 2.75) is 24.7 Å². The van der Waals surface area contributed by atoms with Gasteiger partial charge in [0.25, 0.3) is 0 Å². The van der Waals surface area contributed by atoms with E-state index in [1.165, 1.54) is 12.1 Å². The van der Waals surface area contributed by atoms with Crippen LogP contribution in [0.2, 0.25) is 0 Å². The fraction of sp³-hybridized carbons (Fsp3) is 0.300. The summed E-state index contributed by atoms with van der Waals surface area (Å²) in [5.41, 5.74) is 1.34. The van der Waals surface area contributed by atoms with Gasteiger partial charge in [-0.25, -0.2) is 8.42 Å². The summed E-state index contributed by atoms with van der Waals surface area (Å²) in [5, 5.41) is 10.3. The summed E-state index contributed by atoms with van der Waals surface area (Å²) >= 11 is 0. The number of nitrogens with one attached hydrogen (secondary N) is 2. The number of aromatic amines is 1. The van der Waals surface area contributed by atoms with Crippen molar-refractivity contribution in [3.63, 3.8) is 0 Å². The van der Waals surface area contributed by atoms with Crippen LogP contribution in [0.3, 0.4) is 0 Å². The maximum atomic E-state index is 12.5. The lowest BCUT2D eigenvalue weighted by atomic mass is 10.1. The molecule has 0 unspecified atom stereocenters. The normalized spacial score (nSPS) is 13.8. The number of carbonyl (C=O) groups is 1. The number of benzene rings is 2. The molecule has 0 saturated carbocycles. The van der Waals surface area contributed by atoms with Crippen LogP contribution >= 0.6 is 0 Å². The lowest BCUT2D eigenvalue weighted by Gasteiger charge is -2.09. The highest BCUT2D eigenvalue weighted by Crippen LogP contribution is 2.31. The zero-order valence-corrected chi connectivity index (χ0v) is 16.7. The van der Waals surface area contributed by atoms with Crippen LogP contribution in [0.4, 0.5) is 5.82 Å². The molecule has 2 N–H and O–H groups in total. The molecule has 0 saturated heterocycles. The van der Waals surface area contributed by atoms with Gasteiger partial charge in [-0.05, 0) is 35.9 Å². The molecule has 0 fully saturated rings. The molecule has 0 radical (unpaired) electrons. The van der Waals surface area contributed by atoms with Crippen LogP contribution in [0, 0.1) is 0 Å². The van der Waals surface area contributed by atoms with Crippen LogP contribution < -0.4 is 14.8 Å². The molecular weight excluding hydrogens is 394 g/mol. The molecule has 2 aromatic carbocycles. The van der Waals surface area contributed by atoms with Crippen molar-refractivity contribution < 1.29 is 22.7 Å². The molecule has 1 aliphatic rings. The molecule has 9 heteroatoms. The molecule has 4 rings (SSSR count). The zero-order valence-electron chi connectivity index (χ0n) is 15.9. The summed E-state index contributed by atoms with van der Waals surface area (Å²) < 4.78 is 35.3. The van der Waals surface area contributed by atoms with Crippen LogP contribution in [0.25, 0.3) is 10.9 Å². The molecule has 0 atom stereocenters. The average molecular weight is 415 g/mol. The van der Waals surface area contributed by atoms with Crippen LogP contribution in [0.5, 0.6) is 11.5 Å². The molecule has 0 bridgehead atoms. The molecule has 29 heavy (non-hydrogen) atoms. The summed E-state index contributed by atoms with van der Waals surface area (Å²) in [6, 6.07) is 10.1. The average Bonchev–Trinajstić information content (AvgIpc) is 2.95. The van der Waals surface area contributed by atoms with E-state index in [1.807, 2.05) is 18.2 Å². The Bertz CT molecular complexity index is 1170. The standard InChI is InChI=1S/C20H21N3O5S/c1-2-29(25,26)14-5-6-15-16(12-14)22-23-20(15)21-19(24)11-13-4-7-17-18(10-13)28-9-3-8-27-17/h4-7,10,12H,2-3,8-9,11H2,1H3,(H2,21,22,23,24). The summed E-state index contributed by atoms with van der Waals surface area (Å²) in [6.45, 7) is 2.79. The summed E-state index contributed by atoms with van der Waals surface area (Å²) in [6.07, 6.45) is 0.964. The molecule has 0 spiro atoms. The number of anilines is 1. The van der Waals surface area contributed by atoms with Crippen molar-refractivity contribution in [1.82, 2.24) is 10.2 Å². The fourth-order valence-electron chi connectivity index (χ4n) is 3.13. The van der Waals surface area contributed by atoms with Gasteiger partial charge >= 0.3 is 0 Å². The number of H-pyrrole nitrogens is 1. The first-order valence-electron chi connectivity index (χ1n) is 9.35. The van der Waals surface area contributed by atoms with E-state index in [2.05, 4.69) is 15.5 Å². The largest absolute Gasteiger partial charge is 0.490 e. The first-order valence-corrected chi connectivity index (χ1v) is 11.0. The van der Waals surface area contributed by atoms with Gasteiger partial charge in [0.05, 0.1) is 35.8 Å². The molecule has 1 aromatic heterocycles. The van der Waals surface area contributed by atoms with E-state index in [4.69, 9.17) is 9.47 Å². The predicted molar refractivity (Wildman–Crippen MR) is 108 cm³/mol. The zero-order chi connectivity index (χ0) is 20.4. The van der Waals surface area contributed by atoms with Gasteiger partial charge in [0.1, 0.15) is 0 Å². The van der Waals surface area contributed by atoms with Crippen molar-refractivity contribution in [1.29, 1.82) is 0 Å². The maximum Gasteiger partial charge on any atom is 0.230 e. The molecule has 0 aliphatic carbocycles. The van der Waals surface area contributed by atoms with E-state index in [0.717, 1.165) is 12.0 Å². The van der Waals surface area contributed by atoms with Gasteiger partial charge in [0.15, 0.2) is 27.2 Å². The Morgan fingerprint density at radius 3 is 2.72 bits per heavy atom. The Labute approximate surface area is 168 Å². The van der Waals surface area contributed by atoms with E-state index in [1.54, 1.807) is 13.0 Å². The third-order valence-electron chi connectivity index (χ3n) is 4.71. The van der Waals surface area contributed by atoms with Crippen LogP contribution in [-0.4, -0.2) is 43.5 Å². The van der Waals surface area contributed by atoms with Gasteiger partial charge in [0.2, 0.25) is 5.91 Å². The summed E-state index contributed by atoms with van der Waals surface area (Å²) in [7, 11) is -3.31. The Kier molecular flexibility index (Phi) is 5.14. The number of hydrogen-bond acceptors (Lipinski definition) is 6. The van der Waals surface area contributed by atoms with E-state index < -0.39 is 9.84 Å². The van der Waals surface area contributed by atoms with Crippen LogP contribution in [0.15, 0.2) is 41.3 Å². The van der Waals surface area contributed by atoms with Crippen LogP contribution in [0.1, 0.15) is 18.9 Å².